The van der Waals surface area contributed by atoms with Crippen molar-refractivity contribution in [2.75, 3.05) is 23.4 Å². The Morgan fingerprint density at radius 3 is 2.50 bits per heavy atom. The molecule has 1 N–H and O–H groups in total. The fourth-order valence-corrected chi connectivity index (χ4v) is 3.39. The van der Waals surface area contributed by atoms with Gasteiger partial charge in [-0.25, -0.2) is 4.39 Å². The van der Waals surface area contributed by atoms with Crippen LogP contribution in [0.2, 0.25) is 0 Å². The van der Waals surface area contributed by atoms with E-state index in [1.807, 2.05) is 24.3 Å². The van der Waals surface area contributed by atoms with Gasteiger partial charge in [-0.2, -0.15) is 0 Å². The van der Waals surface area contributed by atoms with Crippen LogP contribution in [-0.2, 0) is 22.6 Å². The van der Waals surface area contributed by atoms with Crippen LogP contribution in [0.3, 0.4) is 0 Å². The second-order valence-electron chi connectivity index (χ2n) is 7.41. The molecule has 0 spiro atoms. The SMILES string of the molecule is CCc1ccc(OCC(=O)Nc2ccc3c(c2)N(Cc2ccc(F)cc2)C(=O)CO3)cc1. The van der Waals surface area contributed by atoms with Crippen molar-refractivity contribution in [2.45, 2.75) is 19.9 Å². The molecule has 1 aliphatic rings. The van der Waals surface area contributed by atoms with Gasteiger partial charge in [0.15, 0.2) is 13.2 Å². The van der Waals surface area contributed by atoms with Crippen LogP contribution in [0.5, 0.6) is 11.5 Å². The van der Waals surface area contributed by atoms with Crippen molar-refractivity contribution in [3.63, 3.8) is 0 Å². The average Bonchev–Trinajstić information content (AvgIpc) is 2.81. The summed E-state index contributed by atoms with van der Waals surface area (Å²) in [5, 5.41) is 2.78. The molecule has 0 aromatic heterocycles. The molecule has 0 fully saturated rings. The second kappa shape index (κ2) is 9.51. The summed E-state index contributed by atoms with van der Waals surface area (Å²) in [5.74, 6) is 0.280. The molecule has 0 aliphatic carbocycles. The maximum Gasteiger partial charge on any atom is 0.265 e. The molecular formula is C25H23FN2O4. The quantitative estimate of drug-likeness (QED) is 0.601. The summed E-state index contributed by atoms with van der Waals surface area (Å²) >= 11 is 0. The van der Waals surface area contributed by atoms with Gasteiger partial charge in [-0.05, 0) is 60.0 Å². The Morgan fingerprint density at radius 1 is 1.06 bits per heavy atom. The number of nitrogens with zero attached hydrogens (tertiary/aromatic N) is 1. The Balaban J connectivity index is 1.44. The number of fused-ring (bicyclic) bond motifs is 1. The second-order valence-corrected chi connectivity index (χ2v) is 7.41. The number of hydrogen-bond acceptors (Lipinski definition) is 4. The molecule has 164 valence electrons. The number of rotatable bonds is 7. The molecule has 3 aromatic carbocycles. The van der Waals surface area contributed by atoms with Gasteiger partial charge in [0.05, 0.1) is 12.2 Å². The molecule has 3 aromatic rings. The zero-order chi connectivity index (χ0) is 22.5. The molecule has 0 bridgehead atoms. The standard InChI is InChI=1S/C25H23FN2O4/c1-2-17-5-10-21(11-6-17)31-15-24(29)27-20-9-12-23-22(13-20)28(25(30)16-32-23)14-18-3-7-19(26)8-4-18/h3-13H,2,14-16H2,1H3,(H,27,29). The van der Waals surface area contributed by atoms with Crippen LogP contribution in [0.4, 0.5) is 15.8 Å². The number of nitrogens with one attached hydrogen (secondary N) is 1. The molecule has 1 aliphatic heterocycles. The van der Waals surface area contributed by atoms with Crippen molar-refractivity contribution in [2.24, 2.45) is 0 Å². The summed E-state index contributed by atoms with van der Waals surface area (Å²) in [6.45, 7) is 2.12. The highest BCUT2D eigenvalue weighted by Crippen LogP contribution is 2.35. The Hall–Kier alpha value is -3.87. The number of amides is 2. The molecule has 0 atom stereocenters. The smallest absolute Gasteiger partial charge is 0.265 e. The number of hydrogen-bond donors (Lipinski definition) is 1. The molecule has 0 saturated heterocycles. The summed E-state index contributed by atoms with van der Waals surface area (Å²) in [6, 6.07) is 18.7. The van der Waals surface area contributed by atoms with Gasteiger partial charge < -0.3 is 19.7 Å². The van der Waals surface area contributed by atoms with Crippen molar-refractivity contribution in [1.29, 1.82) is 0 Å². The van der Waals surface area contributed by atoms with Gasteiger partial charge in [0.25, 0.3) is 11.8 Å². The zero-order valence-electron chi connectivity index (χ0n) is 17.6. The molecule has 0 unspecified atom stereocenters. The lowest BCUT2D eigenvalue weighted by Gasteiger charge is -2.30. The first-order valence-electron chi connectivity index (χ1n) is 10.3. The highest BCUT2D eigenvalue weighted by molar-refractivity contribution is 5.99. The molecule has 7 heteroatoms. The molecule has 32 heavy (non-hydrogen) atoms. The van der Waals surface area contributed by atoms with Crippen molar-refractivity contribution in [3.05, 3.63) is 83.7 Å². The van der Waals surface area contributed by atoms with E-state index in [1.54, 1.807) is 35.2 Å². The van der Waals surface area contributed by atoms with E-state index in [1.165, 1.54) is 17.7 Å². The van der Waals surface area contributed by atoms with E-state index in [4.69, 9.17) is 9.47 Å². The number of carbonyl (C=O) groups is 2. The van der Waals surface area contributed by atoms with Crippen LogP contribution in [0, 0.1) is 5.82 Å². The van der Waals surface area contributed by atoms with E-state index in [-0.39, 0.29) is 37.4 Å². The zero-order valence-corrected chi connectivity index (χ0v) is 17.6. The van der Waals surface area contributed by atoms with Gasteiger partial charge in [0.2, 0.25) is 0 Å². The summed E-state index contributed by atoms with van der Waals surface area (Å²) < 4.78 is 24.3. The van der Waals surface area contributed by atoms with E-state index in [2.05, 4.69) is 12.2 Å². The third-order valence-corrected chi connectivity index (χ3v) is 5.14. The molecule has 0 saturated carbocycles. The van der Waals surface area contributed by atoms with E-state index in [0.717, 1.165) is 12.0 Å². The van der Waals surface area contributed by atoms with Crippen molar-refractivity contribution in [3.8, 4) is 11.5 Å². The molecular weight excluding hydrogens is 411 g/mol. The summed E-state index contributed by atoms with van der Waals surface area (Å²) in [6.07, 6.45) is 0.934. The lowest BCUT2D eigenvalue weighted by molar-refractivity contribution is -0.121. The third kappa shape index (κ3) is 5.06. The van der Waals surface area contributed by atoms with Gasteiger partial charge in [0, 0.05) is 5.69 Å². The number of halogens is 1. The first-order chi connectivity index (χ1) is 15.5. The van der Waals surface area contributed by atoms with Gasteiger partial charge in [-0.15, -0.1) is 0 Å². The number of anilines is 2. The van der Waals surface area contributed by atoms with Gasteiger partial charge in [-0.1, -0.05) is 31.2 Å². The minimum absolute atomic E-state index is 0.0788. The summed E-state index contributed by atoms with van der Waals surface area (Å²) in [4.78, 5) is 26.4. The first kappa shape index (κ1) is 21.4. The predicted octanol–water partition coefficient (Wildman–Crippen LogP) is 4.33. The summed E-state index contributed by atoms with van der Waals surface area (Å²) in [5.41, 5.74) is 3.03. The fourth-order valence-electron chi connectivity index (χ4n) is 3.39. The minimum atomic E-state index is -0.337. The Kier molecular flexibility index (Phi) is 6.35. The van der Waals surface area contributed by atoms with Crippen LogP contribution in [0.1, 0.15) is 18.1 Å². The van der Waals surface area contributed by atoms with Crippen molar-refractivity contribution >= 4 is 23.2 Å². The van der Waals surface area contributed by atoms with Crippen LogP contribution >= 0.6 is 0 Å². The van der Waals surface area contributed by atoms with E-state index >= 15 is 0 Å². The molecule has 4 rings (SSSR count). The van der Waals surface area contributed by atoms with Crippen LogP contribution in [0.15, 0.2) is 66.7 Å². The van der Waals surface area contributed by atoms with Gasteiger partial charge >= 0.3 is 0 Å². The van der Waals surface area contributed by atoms with E-state index in [9.17, 15) is 14.0 Å². The maximum atomic E-state index is 13.2. The van der Waals surface area contributed by atoms with E-state index < -0.39 is 0 Å². The molecule has 6 nitrogen and oxygen atoms in total. The minimum Gasteiger partial charge on any atom is -0.484 e. The van der Waals surface area contributed by atoms with Crippen LogP contribution < -0.4 is 19.7 Å². The molecule has 0 radical (unpaired) electrons. The molecule has 1 heterocycles. The average molecular weight is 434 g/mol. The van der Waals surface area contributed by atoms with Crippen LogP contribution in [0.25, 0.3) is 0 Å². The number of carbonyl (C=O) groups excluding carboxylic acids is 2. The van der Waals surface area contributed by atoms with Gasteiger partial charge in [0.1, 0.15) is 17.3 Å². The predicted molar refractivity (Wildman–Crippen MR) is 119 cm³/mol. The Bertz CT molecular complexity index is 1110. The van der Waals surface area contributed by atoms with Crippen molar-refractivity contribution < 1.29 is 23.5 Å². The fraction of sp³-hybridized carbons (Fsp3) is 0.200. The van der Waals surface area contributed by atoms with Crippen molar-refractivity contribution in [1.82, 2.24) is 0 Å². The normalized spacial score (nSPS) is 12.7. The van der Waals surface area contributed by atoms with E-state index in [0.29, 0.717) is 22.9 Å². The monoisotopic (exact) mass is 434 g/mol. The lowest BCUT2D eigenvalue weighted by atomic mass is 10.1. The topological polar surface area (TPSA) is 67.9 Å². The maximum absolute atomic E-state index is 13.2. The van der Waals surface area contributed by atoms with Crippen LogP contribution in [-0.4, -0.2) is 25.0 Å². The highest BCUT2D eigenvalue weighted by atomic mass is 19.1. The lowest BCUT2D eigenvalue weighted by Crippen LogP contribution is -2.38. The largest absolute Gasteiger partial charge is 0.484 e. The molecule has 2 amide bonds. The number of aryl methyl sites for hydroxylation is 1. The summed E-state index contributed by atoms with van der Waals surface area (Å²) in [7, 11) is 0. The third-order valence-electron chi connectivity index (χ3n) is 5.14. The Morgan fingerprint density at radius 2 is 1.78 bits per heavy atom. The van der Waals surface area contributed by atoms with Gasteiger partial charge in [-0.3, -0.25) is 9.59 Å². The highest BCUT2D eigenvalue weighted by Gasteiger charge is 2.26. The first-order valence-corrected chi connectivity index (χ1v) is 10.3. The Labute approximate surface area is 185 Å². The number of benzene rings is 3. The number of ether oxygens (including phenoxy) is 2.